The molecule has 1 saturated heterocycles. The van der Waals surface area contributed by atoms with Gasteiger partial charge in [-0.25, -0.2) is 0 Å². The van der Waals surface area contributed by atoms with Crippen molar-refractivity contribution in [1.82, 2.24) is 4.31 Å². The van der Waals surface area contributed by atoms with Crippen LogP contribution in [0.2, 0.25) is 0 Å². The largest absolute Gasteiger partial charge is 0.298 e. The van der Waals surface area contributed by atoms with E-state index < -0.39 is 0 Å². The molecule has 0 aromatic heterocycles. The summed E-state index contributed by atoms with van der Waals surface area (Å²) in [4.78, 5) is 11.5. The first-order valence-corrected chi connectivity index (χ1v) is 10.5. The van der Waals surface area contributed by atoms with Crippen LogP contribution in [-0.2, 0) is 4.79 Å². The number of halogens is 1. The summed E-state index contributed by atoms with van der Waals surface area (Å²) in [6.45, 7) is 7.13. The van der Waals surface area contributed by atoms with E-state index in [1.54, 1.807) is 0 Å². The maximum atomic E-state index is 11.5. The van der Waals surface area contributed by atoms with Crippen molar-refractivity contribution in [2.24, 2.45) is 34.5 Å². The average molecular weight is 368 g/mol. The van der Waals surface area contributed by atoms with E-state index >= 15 is 0 Å². The predicted molar refractivity (Wildman–Crippen MR) is 102 cm³/mol. The summed E-state index contributed by atoms with van der Waals surface area (Å²) in [6.07, 6.45) is 9.62. The van der Waals surface area contributed by atoms with Crippen LogP contribution in [0, 0.1) is 34.5 Å². The number of fused-ring (bicyclic) bond motifs is 5. The van der Waals surface area contributed by atoms with Gasteiger partial charge in [0.05, 0.1) is 0 Å². The number of nitrogens with zero attached hydrogens (tertiary/aromatic N) is 1. The number of rotatable bonds is 1. The van der Waals surface area contributed by atoms with Gasteiger partial charge in [0.25, 0.3) is 0 Å². The molecule has 2 nitrogen and oxygen atoms in total. The van der Waals surface area contributed by atoms with Gasteiger partial charge >= 0.3 is 0 Å². The van der Waals surface area contributed by atoms with Crippen molar-refractivity contribution in [2.45, 2.75) is 58.8 Å². The number of allylic oxidation sites excluding steroid dienone is 2. The lowest BCUT2D eigenvalue weighted by atomic mass is 9.47. The third kappa shape index (κ3) is 2.37. The Morgan fingerprint density at radius 2 is 1.92 bits per heavy atom. The Morgan fingerprint density at radius 3 is 2.67 bits per heavy atom. The van der Waals surface area contributed by atoms with Crippen LogP contribution in [0.15, 0.2) is 10.6 Å². The SMILES string of the molecule is CC12CCC3C(CCC4CCN(S)CCC43C)C1CC(C=O)=C2Cl. The second-order valence-electron chi connectivity index (χ2n) is 9.27. The summed E-state index contributed by atoms with van der Waals surface area (Å²) in [5.41, 5.74) is 1.39. The number of hydrogen-bond acceptors (Lipinski definition) is 3. The lowest BCUT2D eigenvalue weighted by molar-refractivity contribution is -0.105. The first kappa shape index (κ1) is 17.4. The topological polar surface area (TPSA) is 20.3 Å². The number of thiol groups is 1. The minimum atomic E-state index is 0.0580. The molecule has 6 atom stereocenters. The molecule has 6 unspecified atom stereocenters. The fourth-order valence-electron chi connectivity index (χ4n) is 6.95. The van der Waals surface area contributed by atoms with E-state index in [0.717, 1.165) is 60.6 Å². The summed E-state index contributed by atoms with van der Waals surface area (Å²) in [5, 5.41) is 0.885. The first-order chi connectivity index (χ1) is 11.4. The molecule has 1 aliphatic heterocycles. The molecular weight excluding hydrogens is 338 g/mol. The first-order valence-electron chi connectivity index (χ1n) is 9.68. The number of carbonyl (C=O) groups excluding carboxylic acids is 1. The predicted octanol–water partition coefficient (Wildman–Crippen LogP) is 5.09. The molecule has 1 heterocycles. The Labute approximate surface area is 156 Å². The Kier molecular flexibility index (Phi) is 4.38. The van der Waals surface area contributed by atoms with Crippen LogP contribution >= 0.6 is 24.4 Å². The highest BCUT2D eigenvalue weighted by molar-refractivity contribution is 7.77. The van der Waals surface area contributed by atoms with Crippen LogP contribution in [-0.4, -0.2) is 23.7 Å². The zero-order valence-electron chi connectivity index (χ0n) is 14.9. The molecule has 0 aromatic rings. The maximum Gasteiger partial charge on any atom is 0.147 e. The highest BCUT2D eigenvalue weighted by atomic mass is 35.5. The van der Waals surface area contributed by atoms with Gasteiger partial charge in [-0.2, -0.15) is 0 Å². The van der Waals surface area contributed by atoms with E-state index in [1.165, 1.54) is 32.1 Å². The van der Waals surface area contributed by atoms with Crippen molar-refractivity contribution < 1.29 is 4.79 Å². The minimum absolute atomic E-state index is 0.0580. The third-order valence-electron chi connectivity index (χ3n) is 8.46. The summed E-state index contributed by atoms with van der Waals surface area (Å²) in [7, 11) is 0. The Hall–Kier alpha value is 0.01000. The van der Waals surface area contributed by atoms with Gasteiger partial charge in [0.15, 0.2) is 0 Å². The third-order valence-corrected chi connectivity index (χ3v) is 9.54. The van der Waals surface area contributed by atoms with E-state index in [9.17, 15) is 4.79 Å². The van der Waals surface area contributed by atoms with Gasteiger partial charge in [-0.15, -0.1) is 0 Å². The second-order valence-corrected chi connectivity index (χ2v) is 10.2. The number of carbonyl (C=O) groups is 1. The molecule has 3 aliphatic carbocycles. The summed E-state index contributed by atoms with van der Waals surface area (Å²) in [5.74, 6) is 2.96. The molecule has 0 spiro atoms. The van der Waals surface area contributed by atoms with Gasteiger partial charge in [-0.1, -0.05) is 38.3 Å². The molecule has 0 radical (unpaired) electrons. The Bertz CT molecular complexity index is 578. The zero-order chi connectivity index (χ0) is 17.1. The lowest BCUT2D eigenvalue weighted by Gasteiger charge is -2.58. The Morgan fingerprint density at radius 1 is 1.12 bits per heavy atom. The minimum Gasteiger partial charge on any atom is -0.298 e. The van der Waals surface area contributed by atoms with E-state index in [0.29, 0.717) is 11.3 Å². The molecule has 4 heteroatoms. The van der Waals surface area contributed by atoms with Crippen LogP contribution in [0.5, 0.6) is 0 Å². The van der Waals surface area contributed by atoms with Crippen molar-refractivity contribution in [3.63, 3.8) is 0 Å². The van der Waals surface area contributed by atoms with Crippen LogP contribution in [0.3, 0.4) is 0 Å². The van der Waals surface area contributed by atoms with Crippen LogP contribution < -0.4 is 0 Å². The van der Waals surface area contributed by atoms with Crippen LogP contribution in [0.4, 0.5) is 0 Å². The van der Waals surface area contributed by atoms with Gasteiger partial charge in [-0.3, -0.25) is 9.10 Å². The number of aldehydes is 1. The molecule has 4 rings (SSSR count). The molecule has 0 amide bonds. The van der Waals surface area contributed by atoms with Gasteiger partial charge in [0.1, 0.15) is 6.29 Å². The lowest BCUT2D eigenvalue weighted by Crippen LogP contribution is -2.51. The van der Waals surface area contributed by atoms with Gasteiger partial charge in [0.2, 0.25) is 0 Å². The quantitative estimate of drug-likeness (QED) is 0.514. The second kappa shape index (κ2) is 6.03. The molecule has 0 aromatic carbocycles. The molecule has 2 saturated carbocycles. The van der Waals surface area contributed by atoms with Crippen molar-refractivity contribution in [3.8, 4) is 0 Å². The molecule has 134 valence electrons. The van der Waals surface area contributed by atoms with Crippen molar-refractivity contribution in [2.75, 3.05) is 13.1 Å². The molecule has 4 aliphatic rings. The van der Waals surface area contributed by atoms with E-state index in [2.05, 4.69) is 31.0 Å². The fraction of sp³-hybridized carbons (Fsp3) is 0.850. The smallest absolute Gasteiger partial charge is 0.147 e. The number of hydrogen-bond donors (Lipinski definition) is 1. The maximum absolute atomic E-state index is 11.5. The molecule has 24 heavy (non-hydrogen) atoms. The van der Waals surface area contributed by atoms with Gasteiger partial charge < -0.3 is 0 Å². The average Bonchev–Trinajstić information content (AvgIpc) is 2.73. The molecule has 0 N–H and O–H groups in total. The summed E-state index contributed by atoms with van der Waals surface area (Å²) >= 11 is 11.3. The highest BCUT2D eigenvalue weighted by Gasteiger charge is 2.58. The van der Waals surface area contributed by atoms with Gasteiger partial charge in [-0.05, 0) is 74.0 Å². The van der Waals surface area contributed by atoms with Crippen molar-refractivity contribution in [1.29, 1.82) is 0 Å². The van der Waals surface area contributed by atoms with E-state index in [1.807, 2.05) is 0 Å². The molecule has 0 bridgehead atoms. The monoisotopic (exact) mass is 367 g/mol. The van der Waals surface area contributed by atoms with Crippen LogP contribution in [0.25, 0.3) is 0 Å². The normalized spacial score (nSPS) is 49.2. The van der Waals surface area contributed by atoms with E-state index in [4.69, 9.17) is 11.6 Å². The summed E-state index contributed by atoms with van der Waals surface area (Å²) < 4.78 is 2.23. The van der Waals surface area contributed by atoms with E-state index in [-0.39, 0.29) is 5.41 Å². The van der Waals surface area contributed by atoms with Crippen molar-refractivity contribution >= 4 is 30.7 Å². The fourth-order valence-corrected chi connectivity index (χ4v) is 7.52. The van der Waals surface area contributed by atoms with Crippen molar-refractivity contribution in [3.05, 3.63) is 10.6 Å². The summed E-state index contributed by atoms with van der Waals surface area (Å²) in [6, 6.07) is 0. The standard InChI is InChI=1S/C20H30ClNOS/c1-19-8-10-22(24)9-6-14(19)3-4-15-16(19)5-7-20(2)17(15)11-13(12-23)18(20)21/h12,14-17,24H,3-11H2,1-2H3. The molecular formula is C20H30ClNOS. The highest BCUT2D eigenvalue weighted by Crippen LogP contribution is 2.66. The zero-order valence-corrected chi connectivity index (χ0v) is 16.6. The van der Waals surface area contributed by atoms with Gasteiger partial charge in [0, 0.05) is 29.1 Å². The Balaban J connectivity index is 1.65. The van der Waals surface area contributed by atoms with Crippen LogP contribution in [0.1, 0.15) is 58.8 Å². The molecule has 3 fully saturated rings.